The van der Waals surface area contributed by atoms with E-state index in [1.165, 1.54) is 12.7 Å². The van der Waals surface area contributed by atoms with Crippen molar-refractivity contribution >= 4 is 11.2 Å². The Hall–Kier alpha value is -2.59. The van der Waals surface area contributed by atoms with E-state index < -0.39 is 30.8 Å². The van der Waals surface area contributed by atoms with Crippen molar-refractivity contribution < 1.29 is 19.3 Å². The molecule has 0 radical (unpaired) electrons. The predicted octanol–water partition coefficient (Wildman–Crippen LogP) is 0.492. The second-order valence-corrected chi connectivity index (χ2v) is 6.25. The lowest BCUT2D eigenvalue weighted by Crippen LogP contribution is -2.30. The van der Waals surface area contributed by atoms with Crippen LogP contribution >= 0.6 is 0 Å². The third-order valence-electron chi connectivity index (χ3n) is 4.74. The number of rotatable bonds is 3. The van der Waals surface area contributed by atoms with Crippen molar-refractivity contribution in [3.63, 3.8) is 0 Å². The standard InChI is InChI=1S/C17H16N4O5/c22-6-10-12-13(26-17(25-12)9-4-2-1-3-5-9)16(24-10)21-8-20-11-14(21)18-7-19-15(11)23/h1-5,7-8,10,12-13,16-17,22H,6H2,(H,18,19,23)/t10?,12-,13-,16?,17?/m1/s1. The van der Waals surface area contributed by atoms with Crippen LogP contribution < -0.4 is 5.56 Å². The van der Waals surface area contributed by atoms with Crippen molar-refractivity contribution in [1.29, 1.82) is 0 Å². The number of H-pyrrole nitrogens is 1. The zero-order valence-electron chi connectivity index (χ0n) is 13.6. The average molecular weight is 356 g/mol. The van der Waals surface area contributed by atoms with E-state index in [0.29, 0.717) is 5.65 Å². The monoisotopic (exact) mass is 356 g/mol. The molecule has 2 aromatic heterocycles. The van der Waals surface area contributed by atoms with E-state index in [1.807, 2.05) is 30.3 Å². The van der Waals surface area contributed by atoms with Crippen LogP contribution in [0.2, 0.25) is 0 Å². The van der Waals surface area contributed by atoms with Gasteiger partial charge in [-0.1, -0.05) is 30.3 Å². The highest BCUT2D eigenvalue weighted by molar-refractivity contribution is 5.68. The zero-order chi connectivity index (χ0) is 17.7. The molecule has 0 spiro atoms. The molecule has 134 valence electrons. The number of aromatic amines is 1. The predicted molar refractivity (Wildman–Crippen MR) is 88.1 cm³/mol. The molecule has 2 saturated heterocycles. The first-order valence-electron chi connectivity index (χ1n) is 8.28. The maximum absolute atomic E-state index is 11.9. The van der Waals surface area contributed by atoms with Crippen LogP contribution in [0, 0.1) is 0 Å². The van der Waals surface area contributed by atoms with Crippen LogP contribution in [0.15, 0.2) is 47.8 Å². The number of imidazole rings is 1. The summed E-state index contributed by atoms with van der Waals surface area (Å²) in [4.78, 5) is 22.7. The van der Waals surface area contributed by atoms with Crippen molar-refractivity contribution in [3.8, 4) is 0 Å². The molecule has 0 bridgehead atoms. The second kappa shape index (κ2) is 5.99. The SMILES string of the molecule is O=c1[nH]cnc2c1ncn2C1OC(CO)[C@H]2OC(c3ccccc3)O[C@@H]12. The van der Waals surface area contributed by atoms with E-state index in [1.54, 1.807) is 4.57 Å². The number of hydrogen-bond donors (Lipinski definition) is 2. The Morgan fingerprint density at radius 2 is 1.92 bits per heavy atom. The lowest BCUT2D eigenvalue weighted by molar-refractivity contribution is -0.153. The maximum Gasteiger partial charge on any atom is 0.278 e. The van der Waals surface area contributed by atoms with Gasteiger partial charge < -0.3 is 24.3 Å². The summed E-state index contributed by atoms with van der Waals surface area (Å²) in [6.07, 6.45) is 0.220. The average Bonchev–Trinajstić information content (AvgIpc) is 3.36. The highest BCUT2D eigenvalue weighted by atomic mass is 16.8. The third kappa shape index (κ3) is 2.29. The molecule has 3 aromatic rings. The largest absolute Gasteiger partial charge is 0.394 e. The van der Waals surface area contributed by atoms with Crippen LogP contribution in [0.3, 0.4) is 0 Å². The minimum atomic E-state index is -0.606. The van der Waals surface area contributed by atoms with Crippen molar-refractivity contribution in [2.45, 2.75) is 30.8 Å². The molecule has 26 heavy (non-hydrogen) atoms. The van der Waals surface area contributed by atoms with Gasteiger partial charge in [-0.3, -0.25) is 9.36 Å². The molecule has 3 unspecified atom stereocenters. The Balaban J connectivity index is 1.52. The molecule has 5 atom stereocenters. The first-order chi connectivity index (χ1) is 12.8. The van der Waals surface area contributed by atoms with E-state index in [0.717, 1.165) is 5.56 Å². The number of fused-ring (bicyclic) bond motifs is 2. The van der Waals surface area contributed by atoms with E-state index in [9.17, 15) is 9.90 Å². The van der Waals surface area contributed by atoms with Crippen molar-refractivity contribution in [1.82, 2.24) is 19.5 Å². The highest BCUT2D eigenvalue weighted by Gasteiger charge is 2.53. The lowest BCUT2D eigenvalue weighted by Gasteiger charge is -2.20. The summed E-state index contributed by atoms with van der Waals surface area (Å²) in [5, 5.41) is 9.69. The zero-order valence-corrected chi connectivity index (χ0v) is 13.6. The van der Waals surface area contributed by atoms with Gasteiger partial charge >= 0.3 is 0 Å². The quantitative estimate of drug-likeness (QED) is 0.702. The van der Waals surface area contributed by atoms with Crippen LogP contribution in [0.4, 0.5) is 0 Å². The molecular formula is C17H16N4O5. The fraction of sp³-hybridized carbons (Fsp3) is 0.353. The highest BCUT2D eigenvalue weighted by Crippen LogP contribution is 2.44. The summed E-state index contributed by atoms with van der Waals surface area (Å²) < 4.78 is 19.7. The summed E-state index contributed by atoms with van der Waals surface area (Å²) >= 11 is 0. The van der Waals surface area contributed by atoms with Crippen molar-refractivity contribution in [3.05, 3.63) is 58.9 Å². The molecule has 2 fully saturated rings. The number of aliphatic hydroxyl groups is 1. The normalized spacial score (nSPS) is 30.7. The molecule has 9 heteroatoms. The van der Waals surface area contributed by atoms with Gasteiger partial charge in [0, 0.05) is 5.56 Å². The number of hydrogen-bond acceptors (Lipinski definition) is 7. The van der Waals surface area contributed by atoms with Crippen molar-refractivity contribution in [2.75, 3.05) is 6.61 Å². The minimum absolute atomic E-state index is 0.205. The molecule has 1 aromatic carbocycles. The van der Waals surface area contributed by atoms with Crippen LogP contribution in [-0.4, -0.2) is 49.5 Å². The van der Waals surface area contributed by atoms with Crippen LogP contribution in [0.5, 0.6) is 0 Å². The van der Waals surface area contributed by atoms with Gasteiger partial charge in [0.1, 0.15) is 18.3 Å². The Morgan fingerprint density at radius 1 is 1.12 bits per heavy atom. The number of aromatic nitrogens is 4. The Kier molecular flexibility index (Phi) is 3.61. The Labute approximate surface area is 147 Å². The maximum atomic E-state index is 11.9. The van der Waals surface area contributed by atoms with Crippen molar-refractivity contribution in [2.24, 2.45) is 0 Å². The van der Waals surface area contributed by atoms with Gasteiger partial charge in [0.25, 0.3) is 5.56 Å². The summed E-state index contributed by atoms with van der Waals surface area (Å²) in [7, 11) is 0. The minimum Gasteiger partial charge on any atom is -0.394 e. The number of nitrogens with one attached hydrogen (secondary N) is 1. The molecule has 0 aliphatic carbocycles. The topological polar surface area (TPSA) is 111 Å². The number of ether oxygens (including phenoxy) is 3. The molecule has 2 aliphatic rings. The van der Waals surface area contributed by atoms with E-state index >= 15 is 0 Å². The van der Waals surface area contributed by atoms with Crippen LogP contribution in [0.1, 0.15) is 18.1 Å². The summed E-state index contributed by atoms with van der Waals surface area (Å²) in [5.41, 5.74) is 1.18. The summed E-state index contributed by atoms with van der Waals surface area (Å²) in [6.45, 7) is -0.205. The number of nitrogens with zero attached hydrogens (tertiary/aromatic N) is 3. The van der Waals surface area contributed by atoms with E-state index in [-0.39, 0.29) is 17.7 Å². The molecule has 2 aliphatic heterocycles. The molecule has 5 rings (SSSR count). The molecule has 9 nitrogen and oxygen atoms in total. The van der Waals surface area contributed by atoms with Gasteiger partial charge in [-0.15, -0.1) is 0 Å². The van der Waals surface area contributed by atoms with E-state index in [2.05, 4.69) is 15.0 Å². The van der Waals surface area contributed by atoms with Gasteiger partial charge in [-0.2, -0.15) is 0 Å². The fourth-order valence-corrected chi connectivity index (χ4v) is 3.52. The molecule has 0 amide bonds. The van der Waals surface area contributed by atoms with Gasteiger partial charge in [-0.25, -0.2) is 9.97 Å². The molecular weight excluding hydrogens is 340 g/mol. The lowest BCUT2D eigenvalue weighted by atomic mass is 10.1. The molecule has 2 N–H and O–H groups in total. The second-order valence-electron chi connectivity index (χ2n) is 6.25. The number of aliphatic hydroxyl groups excluding tert-OH is 1. The van der Waals surface area contributed by atoms with Crippen LogP contribution in [-0.2, 0) is 14.2 Å². The van der Waals surface area contributed by atoms with Gasteiger partial charge in [0.2, 0.25) is 0 Å². The molecule has 0 saturated carbocycles. The first-order valence-corrected chi connectivity index (χ1v) is 8.28. The van der Waals surface area contributed by atoms with Gasteiger partial charge in [0.15, 0.2) is 23.7 Å². The Morgan fingerprint density at radius 3 is 2.73 bits per heavy atom. The first kappa shape index (κ1) is 15.6. The van der Waals surface area contributed by atoms with Gasteiger partial charge in [0.05, 0.1) is 19.3 Å². The fourth-order valence-electron chi connectivity index (χ4n) is 3.52. The number of benzene rings is 1. The van der Waals surface area contributed by atoms with Crippen LogP contribution in [0.25, 0.3) is 11.2 Å². The smallest absolute Gasteiger partial charge is 0.278 e. The Bertz CT molecular complexity index is 987. The van der Waals surface area contributed by atoms with E-state index in [4.69, 9.17) is 14.2 Å². The third-order valence-corrected chi connectivity index (χ3v) is 4.74. The molecule has 4 heterocycles. The summed E-state index contributed by atoms with van der Waals surface area (Å²) in [6, 6.07) is 9.58. The van der Waals surface area contributed by atoms with Gasteiger partial charge in [-0.05, 0) is 0 Å². The summed E-state index contributed by atoms with van der Waals surface area (Å²) in [5.74, 6) is 0.